The Labute approximate surface area is 121 Å². The number of amides is 1. The summed E-state index contributed by atoms with van der Waals surface area (Å²) in [4.78, 5) is 12.4. The summed E-state index contributed by atoms with van der Waals surface area (Å²) in [5.74, 6) is -0.0987. The zero-order valence-corrected chi connectivity index (χ0v) is 11.3. The maximum Gasteiger partial charge on any atom is 0.255 e. The van der Waals surface area contributed by atoms with E-state index in [-0.39, 0.29) is 5.91 Å². The van der Waals surface area contributed by atoms with Gasteiger partial charge in [-0.1, -0.05) is 12.1 Å². The van der Waals surface area contributed by atoms with E-state index in [2.05, 4.69) is 20.8 Å². The first-order valence-electron chi connectivity index (χ1n) is 6.87. The van der Waals surface area contributed by atoms with Gasteiger partial charge in [0.2, 0.25) is 0 Å². The van der Waals surface area contributed by atoms with Gasteiger partial charge in [-0.05, 0) is 35.4 Å². The van der Waals surface area contributed by atoms with E-state index in [0.29, 0.717) is 5.56 Å². The van der Waals surface area contributed by atoms with Gasteiger partial charge in [-0.2, -0.15) is 5.10 Å². The maximum atomic E-state index is 12.4. The minimum Gasteiger partial charge on any atom is -0.321 e. The highest BCUT2D eigenvalue weighted by molar-refractivity contribution is 6.08. The van der Waals surface area contributed by atoms with E-state index >= 15 is 0 Å². The zero-order chi connectivity index (χ0) is 14.2. The van der Waals surface area contributed by atoms with Crippen molar-refractivity contribution in [2.45, 2.75) is 13.1 Å². The van der Waals surface area contributed by atoms with Crippen molar-refractivity contribution in [2.24, 2.45) is 0 Å². The van der Waals surface area contributed by atoms with E-state index < -0.39 is 0 Å². The van der Waals surface area contributed by atoms with Gasteiger partial charge in [0.1, 0.15) is 0 Å². The quantitative estimate of drug-likeness (QED) is 0.674. The lowest BCUT2D eigenvalue weighted by Gasteiger charge is -2.07. The Morgan fingerprint density at radius 1 is 1.14 bits per heavy atom. The molecule has 1 aliphatic heterocycles. The second kappa shape index (κ2) is 4.71. The first-order valence-corrected chi connectivity index (χ1v) is 6.87. The minimum atomic E-state index is -0.0987. The summed E-state index contributed by atoms with van der Waals surface area (Å²) in [5, 5.41) is 14.1. The molecule has 0 radical (unpaired) electrons. The number of aromatic nitrogens is 2. The fourth-order valence-corrected chi connectivity index (χ4v) is 2.71. The Bertz CT molecular complexity index is 837. The van der Waals surface area contributed by atoms with Crippen LogP contribution in [-0.2, 0) is 13.1 Å². The van der Waals surface area contributed by atoms with Crippen molar-refractivity contribution in [3.05, 3.63) is 59.3 Å². The lowest BCUT2D eigenvalue weighted by Crippen LogP contribution is -2.12. The molecule has 0 unspecified atom stereocenters. The molecular formula is C16H14N4O. The Balaban J connectivity index is 1.65. The van der Waals surface area contributed by atoms with Crippen molar-refractivity contribution in [3.63, 3.8) is 0 Å². The highest BCUT2D eigenvalue weighted by Gasteiger charge is 2.14. The van der Waals surface area contributed by atoms with Crippen LogP contribution in [0.2, 0.25) is 0 Å². The largest absolute Gasteiger partial charge is 0.321 e. The number of H-pyrrole nitrogens is 1. The predicted molar refractivity (Wildman–Crippen MR) is 81.0 cm³/mol. The number of hydrogen-bond donors (Lipinski definition) is 3. The fourth-order valence-electron chi connectivity index (χ4n) is 2.71. The average Bonchev–Trinajstić information content (AvgIpc) is 3.15. The zero-order valence-electron chi connectivity index (χ0n) is 11.3. The van der Waals surface area contributed by atoms with E-state index in [9.17, 15) is 4.79 Å². The third kappa shape index (κ3) is 2.08. The van der Waals surface area contributed by atoms with Crippen LogP contribution in [0.3, 0.4) is 0 Å². The summed E-state index contributed by atoms with van der Waals surface area (Å²) >= 11 is 0. The van der Waals surface area contributed by atoms with Crippen molar-refractivity contribution in [2.75, 3.05) is 5.32 Å². The van der Waals surface area contributed by atoms with Crippen LogP contribution in [0, 0.1) is 0 Å². The van der Waals surface area contributed by atoms with Gasteiger partial charge < -0.3 is 10.6 Å². The van der Waals surface area contributed by atoms with Gasteiger partial charge in [0.25, 0.3) is 5.91 Å². The third-order valence-corrected chi connectivity index (χ3v) is 3.83. The van der Waals surface area contributed by atoms with Crippen LogP contribution in [0.25, 0.3) is 10.9 Å². The van der Waals surface area contributed by atoms with Crippen LogP contribution in [0.1, 0.15) is 21.5 Å². The van der Waals surface area contributed by atoms with Gasteiger partial charge in [0.05, 0.1) is 17.4 Å². The maximum absolute atomic E-state index is 12.4. The summed E-state index contributed by atoms with van der Waals surface area (Å²) in [6.07, 6.45) is 1.72. The standard InChI is InChI=1S/C16H14N4O/c21-16(10-4-5-11-7-17-8-12(11)6-10)19-14-2-1-3-15-13(14)9-18-20-15/h1-6,9,17H,7-8H2,(H,18,20)(H,19,21). The molecule has 104 valence electrons. The number of hydrogen-bond acceptors (Lipinski definition) is 3. The monoisotopic (exact) mass is 278 g/mol. The summed E-state index contributed by atoms with van der Waals surface area (Å²) in [7, 11) is 0. The van der Waals surface area contributed by atoms with Crippen LogP contribution in [0.5, 0.6) is 0 Å². The van der Waals surface area contributed by atoms with Crippen LogP contribution in [0.4, 0.5) is 5.69 Å². The Morgan fingerprint density at radius 3 is 3.00 bits per heavy atom. The first kappa shape index (κ1) is 12.1. The first-order chi connectivity index (χ1) is 10.3. The number of fused-ring (bicyclic) bond motifs is 2. The lowest BCUT2D eigenvalue weighted by molar-refractivity contribution is 0.102. The van der Waals surface area contributed by atoms with Gasteiger partial charge in [-0.15, -0.1) is 0 Å². The Hall–Kier alpha value is -2.66. The van der Waals surface area contributed by atoms with Crippen molar-refractivity contribution >= 4 is 22.5 Å². The fraction of sp³-hybridized carbons (Fsp3) is 0.125. The molecule has 5 heteroatoms. The highest BCUT2D eigenvalue weighted by atomic mass is 16.1. The molecule has 0 spiro atoms. The van der Waals surface area contributed by atoms with Gasteiger partial charge in [-0.25, -0.2) is 0 Å². The second-order valence-electron chi connectivity index (χ2n) is 5.18. The number of rotatable bonds is 2. The molecular weight excluding hydrogens is 264 g/mol. The highest BCUT2D eigenvalue weighted by Crippen LogP contribution is 2.22. The molecule has 0 saturated carbocycles. The molecule has 1 aromatic heterocycles. The molecule has 3 N–H and O–H groups in total. The van der Waals surface area contributed by atoms with Crippen molar-refractivity contribution in [1.29, 1.82) is 0 Å². The van der Waals surface area contributed by atoms with E-state index in [1.165, 1.54) is 11.1 Å². The number of aromatic amines is 1. The molecule has 1 aliphatic rings. The normalized spacial score (nSPS) is 13.3. The Morgan fingerprint density at radius 2 is 2.05 bits per heavy atom. The number of nitrogens with one attached hydrogen (secondary N) is 3. The lowest BCUT2D eigenvalue weighted by atomic mass is 10.1. The van der Waals surface area contributed by atoms with Crippen LogP contribution < -0.4 is 10.6 Å². The van der Waals surface area contributed by atoms with Crippen molar-refractivity contribution in [3.8, 4) is 0 Å². The number of anilines is 1. The predicted octanol–water partition coefficient (Wildman–Crippen LogP) is 2.42. The van der Waals surface area contributed by atoms with Crippen molar-refractivity contribution < 1.29 is 4.79 Å². The molecule has 0 saturated heterocycles. The SMILES string of the molecule is O=C(Nc1cccc2[nH]ncc12)c1ccc2c(c1)CNC2. The number of carbonyl (C=O) groups is 1. The molecule has 0 bridgehead atoms. The molecule has 1 amide bonds. The third-order valence-electron chi connectivity index (χ3n) is 3.83. The van der Waals surface area contributed by atoms with E-state index in [4.69, 9.17) is 0 Å². The number of benzene rings is 2. The number of nitrogens with zero attached hydrogens (tertiary/aromatic N) is 1. The van der Waals surface area contributed by atoms with Gasteiger partial charge in [0, 0.05) is 24.0 Å². The van der Waals surface area contributed by atoms with E-state index in [0.717, 1.165) is 29.7 Å². The van der Waals surface area contributed by atoms with E-state index in [1.54, 1.807) is 6.20 Å². The summed E-state index contributed by atoms with van der Waals surface area (Å²) in [6, 6.07) is 11.5. The Kier molecular flexibility index (Phi) is 2.72. The summed E-state index contributed by atoms with van der Waals surface area (Å²) < 4.78 is 0. The summed E-state index contributed by atoms with van der Waals surface area (Å²) in [5.41, 5.74) is 4.82. The molecule has 2 aromatic carbocycles. The minimum absolute atomic E-state index is 0.0987. The average molecular weight is 278 g/mol. The molecule has 0 atom stereocenters. The molecule has 3 aromatic rings. The molecule has 4 rings (SSSR count). The molecule has 5 nitrogen and oxygen atoms in total. The summed E-state index contributed by atoms with van der Waals surface area (Å²) in [6.45, 7) is 1.71. The van der Waals surface area contributed by atoms with Crippen molar-refractivity contribution in [1.82, 2.24) is 15.5 Å². The van der Waals surface area contributed by atoms with Crippen LogP contribution >= 0.6 is 0 Å². The van der Waals surface area contributed by atoms with Crippen LogP contribution in [0.15, 0.2) is 42.6 Å². The smallest absolute Gasteiger partial charge is 0.255 e. The molecule has 0 fully saturated rings. The van der Waals surface area contributed by atoms with Gasteiger partial charge in [-0.3, -0.25) is 9.89 Å². The van der Waals surface area contributed by atoms with Crippen LogP contribution in [-0.4, -0.2) is 16.1 Å². The molecule has 2 heterocycles. The second-order valence-corrected chi connectivity index (χ2v) is 5.18. The molecule has 0 aliphatic carbocycles. The molecule has 21 heavy (non-hydrogen) atoms. The van der Waals surface area contributed by atoms with Gasteiger partial charge in [0.15, 0.2) is 0 Å². The van der Waals surface area contributed by atoms with Gasteiger partial charge >= 0.3 is 0 Å². The number of carbonyl (C=O) groups excluding carboxylic acids is 1. The van der Waals surface area contributed by atoms with E-state index in [1.807, 2.05) is 36.4 Å². The topological polar surface area (TPSA) is 69.8 Å².